The van der Waals surface area contributed by atoms with Gasteiger partial charge in [-0.1, -0.05) is 19.6 Å². The molecule has 0 atom stereocenters. The van der Waals surface area contributed by atoms with E-state index in [1.54, 1.807) is 18.3 Å². The predicted molar refractivity (Wildman–Crippen MR) is 104 cm³/mol. The average Bonchev–Trinajstić information content (AvgIpc) is 3.00. The largest absolute Gasteiger partial charge is 0.397 e. The van der Waals surface area contributed by atoms with Gasteiger partial charge in [0.25, 0.3) is 0 Å². The number of hydrogen-bond donors (Lipinski definition) is 1. The van der Waals surface area contributed by atoms with Crippen LogP contribution in [0.15, 0.2) is 36.8 Å². The molecule has 0 aliphatic rings. The number of carbonyl (C=O) groups excluding carboxylic acids is 1. The quantitative estimate of drug-likeness (QED) is 0.391. The van der Waals surface area contributed by atoms with Crippen LogP contribution >= 0.6 is 0 Å². The number of hydrogen-bond acceptors (Lipinski definition) is 6. The van der Waals surface area contributed by atoms with Gasteiger partial charge in [-0.05, 0) is 24.2 Å². The van der Waals surface area contributed by atoms with E-state index in [0.717, 1.165) is 18.0 Å². The number of carbonyl (C=O) groups is 1. The number of anilines is 1. The lowest BCUT2D eigenvalue weighted by Crippen LogP contribution is -2.22. The molecule has 0 saturated carbocycles. The fraction of sp³-hybridized carbons (Fsp3) is 0.333. The number of pyridine rings is 1. The molecular formula is C18H23N5O2Si. The Kier molecular flexibility index (Phi) is 5.15. The van der Waals surface area contributed by atoms with Gasteiger partial charge >= 0.3 is 0 Å². The van der Waals surface area contributed by atoms with Gasteiger partial charge in [-0.25, -0.2) is 9.97 Å². The second-order valence-corrected chi connectivity index (χ2v) is 13.0. The van der Waals surface area contributed by atoms with E-state index in [9.17, 15) is 4.79 Å². The molecule has 3 aromatic rings. The van der Waals surface area contributed by atoms with Gasteiger partial charge in [0.15, 0.2) is 0 Å². The first-order valence-corrected chi connectivity index (χ1v) is 12.2. The molecule has 0 aromatic carbocycles. The molecule has 0 saturated heterocycles. The first-order valence-electron chi connectivity index (χ1n) is 8.49. The highest BCUT2D eigenvalue weighted by atomic mass is 28.3. The third kappa shape index (κ3) is 4.33. The van der Waals surface area contributed by atoms with E-state index in [0.29, 0.717) is 18.1 Å². The highest BCUT2D eigenvalue weighted by molar-refractivity contribution is 6.76. The number of nitrogens with zero attached hydrogens (tertiary/aromatic N) is 4. The van der Waals surface area contributed by atoms with Gasteiger partial charge in [0.2, 0.25) is 11.6 Å². The number of rotatable bonds is 7. The van der Waals surface area contributed by atoms with Crippen molar-refractivity contribution in [2.45, 2.75) is 32.4 Å². The van der Waals surface area contributed by atoms with Crippen molar-refractivity contribution in [1.82, 2.24) is 19.5 Å². The van der Waals surface area contributed by atoms with E-state index in [4.69, 9.17) is 10.5 Å². The highest BCUT2D eigenvalue weighted by Gasteiger charge is 2.16. The molecule has 3 aromatic heterocycles. The van der Waals surface area contributed by atoms with E-state index in [2.05, 4.69) is 34.6 Å². The van der Waals surface area contributed by atoms with Gasteiger partial charge in [0.05, 0.1) is 11.9 Å². The minimum Gasteiger partial charge on any atom is -0.397 e. The molecule has 3 heterocycles. The van der Waals surface area contributed by atoms with Crippen LogP contribution in [0.2, 0.25) is 25.7 Å². The van der Waals surface area contributed by atoms with Gasteiger partial charge in [-0.2, -0.15) is 0 Å². The number of ketones is 1. The molecule has 0 spiro atoms. The summed E-state index contributed by atoms with van der Waals surface area (Å²) in [6.45, 7) is 8.08. The summed E-state index contributed by atoms with van der Waals surface area (Å²) in [7, 11) is -1.12. The fourth-order valence-corrected chi connectivity index (χ4v) is 3.14. The molecule has 0 radical (unpaired) electrons. The van der Waals surface area contributed by atoms with Crippen LogP contribution in [-0.4, -0.2) is 40.0 Å². The van der Waals surface area contributed by atoms with Crippen LogP contribution in [0.4, 0.5) is 5.69 Å². The number of fused-ring (bicyclic) bond motifs is 1. The van der Waals surface area contributed by atoms with Gasteiger partial charge in [0.1, 0.15) is 18.1 Å². The Bertz CT molecular complexity index is 915. The second-order valence-electron chi connectivity index (χ2n) is 7.41. The molecule has 3 rings (SSSR count). The van der Waals surface area contributed by atoms with Crippen LogP contribution in [-0.2, 0) is 11.5 Å². The first kappa shape index (κ1) is 18.2. The molecule has 7 nitrogen and oxygen atoms in total. The lowest BCUT2D eigenvalue weighted by atomic mass is 10.2. The Morgan fingerprint density at radius 1 is 1.19 bits per heavy atom. The molecule has 8 heteroatoms. The van der Waals surface area contributed by atoms with Gasteiger partial charge < -0.3 is 15.0 Å². The summed E-state index contributed by atoms with van der Waals surface area (Å²) in [6, 6.07) is 6.22. The Hall–Kier alpha value is -2.58. The maximum Gasteiger partial charge on any atom is 0.248 e. The highest BCUT2D eigenvalue weighted by Crippen LogP contribution is 2.15. The second kappa shape index (κ2) is 7.34. The van der Waals surface area contributed by atoms with Crippen molar-refractivity contribution in [2.24, 2.45) is 0 Å². The zero-order valence-corrected chi connectivity index (χ0v) is 16.3. The van der Waals surface area contributed by atoms with Crippen molar-refractivity contribution in [1.29, 1.82) is 0 Å². The van der Waals surface area contributed by atoms with Crippen molar-refractivity contribution >= 4 is 30.6 Å². The number of nitrogens with two attached hydrogens (primary N) is 1. The van der Waals surface area contributed by atoms with E-state index in [1.807, 2.05) is 16.8 Å². The number of nitrogen functional groups attached to an aromatic ring is 1. The maximum absolute atomic E-state index is 12.5. The summed E-state index contributed by atoms with van der Waals surface area (Å²) >= 11 is 0. The third-order valence-electron chi connectivity index (χ3n) is 3.95. The summed E-state index contributed by atoms with van der Waals surface area (Å²) in [5.74, 6) is -0.226. The SMILES string of the molecule is C[Si](C)(C)CCOCn1ccc2cnc(C(=O)c3ccc(N)cn3)nc21. The summed E-state index contributed by atoms with van der Waals surface area (Å²) in [5, 5.41) is 0.862. The minimum atomic E-state index is -1.12. The molecule has 26 heavy (non-hydrogen) atoms. The zero-order chi connectivity index (χ0) is 18.7. The van der Waals surface area contributed by atoms with Crippen LogP contribution in [0, 0.1) is 0 Å². The Morgan fingerprint density at radius 3 is 2.69 bits per heavy atom. The average molecular weight is 370 g/mol. The molecule has 0 unspecified atom stereocenters. The lowest BCUT2D eigenvalue weighted by molar-refractivity contribution is 0.0897. The molecule has 0 fully saturated rings. The standard InChI is InChI=1S/C18H23N5O2Si/c1-26(2,3)9-8-25-12-23-7-6-13-10-21-17(22-18(13)23)16(24)15-5-4-14(19)11-20-15/h4-7,10-11H,8-9,12,19H2,1-3H3. The molecule has 0 amide bonds. The van der Waals surface area contributed by atoms with E-state index >= 15 is 0 Å². The van der Waals surface area contributed by atoms with Gasteiger partial charge in [0, 0.05) is 32.5 Å². The van der Waals surface area contributed by atoms with Crippen molar-refractivity contribution < 1.29 is 9.53 Å². The summed E-state index contributed by atoms with van der Waals surface area (Å²) in [6.07, 6.45) is 4.98. The smallest absolute Gasteiger partial charge is 0.248 e. The topological polar surface area (TPSA) is 95.9 Å². The van der Waals surface area contributed by atoms with Crippen molar-refractivity contribution in [2.75, 3.05) is 12.3 Å². The van der Waals surface area contributed by atoms with Crippen LogP contribution in [0.1, 0.15) is 16.3 Å². The Morgan fingerprint density at radius 2 is 2.00 bits per heavy atom. The number of aromatic nitrogens is 4. The molecular weight excluding hydrogens is 346 g/mol. The molecule has 136 valence electrons. The van der Waals surface area contributed by atoms with E-state index in [1.165, 1.54) is 6.20 Å². The van der Waals surface area contributed by atoms with Crippen LogP contribution in [0.5, 0.6) is 0 Å². The Labute approximate surface area is 153 Å². The molecule has 0 bridgehead atoms. The van der Waals surface area contributed by atoms with Gasteiger partial charge in [-0.15, -0.1) is 0 Å². The molecule has 0 aliphatic heterocycles. The van der Waals surface area contributed by atoms with Crippen LogP contribution < -0.4 is 5.73 Å². The maximum atomic E-state index is 12.5. The van der Waals surface area contributed by atoms with Crippen molar-refractivity contribution in [3.05, 3.63) is 48.3 Å². The monoisotopic (exact) mass is 369 g/mol. The van der Waals surface area contributed by atoms with E-state index < -0.39 is 8.07 Å². The minimum absolute atomic E-state index is 0.108. The normalized spacial score (nSPS) is 11.8. The molecule has 2 N–H and O–H groups in total. The Balaban J connectivity index is 1.77. The zero-order valence-electron chi connectivity index (χ0n) is 15.3. The van der Waals surface area contributed by atoms with Gasteiger partial charge in [-0.3, -0.25) is 9.78 Å². The summed E-state index contributed by atoms with van der Waals surface area (Å²) < 4.78 is 7.67. The van der Waals surface area contributed by atoms with Crippen LogP contribution in [0.3, 0.4) is 0 Å². The number of ether oxygens (including phenoxy) is 1. The van der Waals surface area contributed by atoms with Crippen molar-refractivity contribution in [3.63, 3.8) is 0 Å². The first-order chi connectivity index (χ1) is 12.3. The third-order valence-corrected chi connectivity index (χ3v) is 5.65. The molecule has 0 aliphatic carbocycles. The lowest BCUT2D eigenvalue weighted by Gasteiger charge is -2.15. The summed E-state index contributed by atoms with van der Waals surface area (Å²) in [4.78, 5) is 25.2. The van der Waals surface area contributed by atoms with Crippen molar-refractivity contribution in [3.8, 4) is 0 Å². The van der Waals surface area contributed by atoms with E-state index in [-0.39, 0.29) is 17.3 Å². The van der Waals surface area contributed by atoms with Crippen LogP contribution in [0.25, 0.3) is 11.0 Å². The summed E-state index contributed by atoms with van der Waals surface area (Å²) in [5.41, 5.74) is 7.05. The predicted octanol–water partition coefficient (Wildman–Crippen LogP) is 2.95. The fourth-order valence-electron chi connectivity index (χ4n) is 2.38.